The van der Waals surface area contributed by atoms with Gasteiger partial charge in [0.1, 0.15) is 0 Å². The van der Waals surface area contributed by atoms with Crippen molar-refractivity contribution in [2.24, 2.45) is 0 Å². The van der Waals surface area contributed by atoms with Crippen LogP contribution in [0.15, 0.2) is 42.5 Å². The molecule has 1 amide bonds. The molecule has 21 heavy (non-hydrogen) atoms. The second-order valence-electron chi connectivity index (χ2n) is 5.28. The first-order chi connectivity index (χ1) is 10.1. The predicted octanol–water partition coefficient (Wildman–Crippen LogP) is 3.32. The summed E-state index contributed by atoms with van der Waals surface area (Å²) < 4.78 is 0. The van der Waals surface area contributed by atoms with E-state index >= 15 is 0 Å². The highest BCUT2D eigenvalue weighted by Crippen LogP contribution is 2.18. The maximum Gasteiger partial charge on any atom is 0.255 e. The number of benzene rings is 2. The van der Waals surface area contributed by atoms with E-state index in [1.807, 2.05) is 57.3 Å². The first kappa shape index (κ1) is 15.3. The maximum atomic E-state index is 12.5. The number of likely N-dealkylation sites (N-methyl/N-ethyl adjacent to an activating group) is 1. The number of rotatable bonds is 5. The van der Waals surface area contributed by atoms with Crippen LogP contribution in [0.4, 0.5) is 5.69 Å². The van der Waals surface area contributed by atoms with Crippen LogP contribution >= 0.6 is 0 Å². The third kappa shape index (κ3) is 3.92. The molecule has 3 nitrogen and oxygen atoms in total. The lowest BCUT2D eigenvalue weighted by Crippen LogP contribution is -2.17. The number of carbonyl (C=O) groups is 1. The van der Waals surface area contributed by atoms with Crippen LogP contribution in [0.5, 0.6) is 0 Å². The number of anilines is 1. The minimum absolute atomic E-state index is 0.0475. The van der Waals surface area contributed by atoms with E-state index in [4.69, 9.17) is 0 Å². The molecule has 0 radical (unpaired) electrons. The van der Waals surface area contributed by atoms with Crippen LogP contribution < -0.4 is 10.6 Å². The molecule has 0 heterocycles. The Kier molecular flexibility index (Phi) is 5.12. The Morgan fingerprint density at radius 2 is 1.86 bits per heavy atom. The molecule has 0 atom stereocenters. The smallest absolute Gasteiger partial charge is 0.255 e. The molecule has 2 rings (SSSR count). The van der Waals surface area contributed by atoms with Crippen LogP contribution in [0, 0.1) is 13.8 Å². The van der Waals surface area contributed by atoms with E-state index in [-0.39, 0.29) is 5.91 Å². The molecule has 2 aromatic carbocycles. The van der Waals surface area contributed by atoms with Gasteiger partial charge >= 0.3 is 0 Å². The summed E-state index contributed by atoms with van der Waals surface area (Å²) in [5.74, 6) is -0.0475. The summed E-state index contributed by atoms with van der Waals surface area (Å²) in [4.78, 5) is 12.5. The molecule has 0 unspecified atom stereocenters. The lowest BCUT2D eigenvalue weighted by Gasteiger charge is -2.12. The topological polar surface area (TPSA) is 41.1 Å². The van der Waals surface area contributed by atoms with Crippen molar-refractivity contribution in [1.82, 2.24) is 5.32 Å². The highest BCUT2D eigenvalue weighted by Gasteiger charge is 2.11. The standard InChI is InChI=1S/C18H22N2O/c1-13-8-9-17(14(2)12-13)20-18(21)16-7-5-4-6-15(16)10-11-19-3/h4-9,12,19H,10-11H2,1-3H3,(H,20,21). The van der Waals surface area contributed by atoms with Crippen LogP contribution in [0.2, 0.25) is 0 Å². The van der Waals surface area contributed by atoms with Gasteiger partial charge in [0.15, 0.2) is 0 Å². The first-order valence-corrected chi connectivity index (χ1v) is 7.23. The van der Waals surface area contributed by atoms with Gasteiger partial charge in [0.2, 0.25) is 0 Å². The third-order valence-electron chi connectivity index (χ3n) is 3.54. The Labute approximate surface area is 126 Å². The fourth-order valence-corrected chi connectivity index (χ4v) is 2.36. The number of hydrogen-bond acceptors (Lipinski definition) is 2. The van der Waals surface area contributed by atoms with Gasteiger partial charge in [-0.3, -0.25) is 4.79 Å². The van der Waals surface area contributed by atoms with Gasteiger partial charge in [-0.1, -0.05) is 35.9 Å². The Bertz CT molecular complexity index is 635. The lowest BCUT2D eigenvalue weighted by molar-refractivity contribution is 0.102. The zero-order valence-electron chi connectivity index (χ0n) is 12.9. The Morgan fingerprint density at radius 3 is 2.57 bits per heavy atom. The van der Waals surface area contributed by atoms with Gasteiger partial charge in [0.25, 0.3) is 5.91 Å². The minimum Gasteiger partial charge on any atom is -0.322 e. The summed E-state index contributed by atoms with van der Waals surface area (Å²) in [6.07, 6.45) is 0.840. The van der Waals surface area contributed by atoms with E-state index in [9.17, 15) is 4.79 Å². The van der Waals surface area contributed by atoms with Gasteiger partial charge in [-0.25, -0.2) is 0 Å². The highest BCUT2D eigenvalue weighted by molar-refractivity contribution is 6.05. The zero-order valence-corrected chi connectivity index (χ0v) is 12.9. The van der Waals surface area contributed by atoms with Crippen molar-refractivity contribution in [2.45, 2.75) is 20.3 Å². The van der Waals surface area contributed by atoms with Gasteiger partial charge in [-0.2, -0.15) is 0 Å². The second kappa shape index (κ2) is 7.04. The van der Waals surface area contributed by atoms with E-state index in [1.165, 1.54) is 5.56 Å². The number of carbonyl (C=O) groups excluding carboxylic acids is 1. The van der Waals surface area contributed by atoms with Gasteiger partial charge in [-0.15, -0.1) is 0 Å². The molecular weight excluding hydrogens is 260 g/mol. The molecule has 0 bridgehead atoms. The first-order valence-electron chi connectivity index (χ1n) is 7.23. The van der Waals surface area contributed by atoms with Crippen molar-refractivity contribution in [3.05, 3.63) is 64.7 Å². The summed E-state index contributed by atoms with van der Waals surface area (Å²) in [5.41, 5.74) is 4.95. The van der Waals surface area contributed by atoms with Gasteiger partial charge in [0, 0.05) is 11.3 Å². The molecule has 0 saturated carbocycles. The second-order valence-corrected chi connectivity index (χ2v) is 5.28. The molecule has 2 N–H and O–H groups in total. The predicted molar refractivity (Wildman–Crippen MR) is 87.9 cm³/mol. The lowest BCUT2D eigenvalue weighted by atomic mass is 10.0. The van der Waals surface area contributed by atoms with E-state index in [2.05, 4.69) is 16.7 Å². The molecule has 0 fully saturated rings. The monoisotopic (exact) mass is 282 g/mol. The minimum atomic E-state index is -0.0475. The average molecular weight is 282 g/mol. The molecule has 0 aliphatic carbocycles. The van der Waals surface area contributed by atoms with E-state index in [0.717, 1.165) is 35.3 Å². The number of aryl methyl sites for hydroxylation is 2. The molecular formula is C18H22N2O. The van der Waals surface area contributed by atoms with E-state index in [0.29, 0.717) is 0 Å². The van der Waals surface area contributed by atoms with E-state index < -0.39 is 0 Å². The Balaban J connectivity index is 2.20. The normalized spacial score (nSPS) is 10.4. The molecule has 0 spiro atoms. The molecule has 0 aliphatic rings. The Hall–Kier alpha value is -2.13. The van der Waals surface area contributed by atoms with Crippen molar-refractivity contribution in [3.63, 3.8) is 0 Å². The van der Waals surface area contributed by atoms with Gasteiger partial charge in [0.05, 0.1) is 0 Å². The molecule has 2 aromatic rings. The summed E-state index contributed by atoms with van der Waals surface area (Å²) in [6, 6.07) is 13.8. The maximum absolute atomic E-state index is 12.5. The summed E-state index contributed by atoms with van der Waals surface area (Å²) >= 11 is 0. The van der Waals surface area contributed by atoms with Crippen molar-refractivity contribution in [3.8, 4) is 0 Å². The van der Waals surface area contributed by atoms with Crippen LogP contribution in [-0.2, 0) is 6.42 Å². The van der Waals surface area contributed by atoms with Crippen LogP contribution in [0.1, 0.15) is 27.0 Å². The highest BCUT2D eigenvalue weighted by atomic mass is 16.1. The SMILES string of the molecule is CNCCc1ccccc1C(=O)Nc1ccc(C)cc1C. The largest absolute Gasteiger partial charge is 0.322 e. The number of nitrogens with one attached hydrogen (secondary N) is 2. The Morgan fingerprint density at radius 1 is 1.10 bits per heavy atom. The van der Waals surface area contributed by atoms with Gasteiger partial charge in [-0.05, 0) is 57.1 Å². The number of hydrogen-bond donors (Lipinski definition) is 2. The summed E-state index contributed by atoms with van der Waals surface area (Å²) in [5, 5.41) is 6.13. The van der Waals surface area contributed by atoms with Crippen molar-refractivity contribution < 1.29 is 4.79 Å². The molecule has 0 aliphatic heterocycles. The molecule has 3 heteroatoms. The molecule has 0 aromatic heterocycles. The van der Waals surface area contributed by atoms with Crippen molar-refractivity contribution >= 4 is 11.6 Å². The summed E-state index contributed by atoms with van der Waals surface area (Å²) in [7, 11) is 1.92. The van der Waals surface area contributed by atoms with Crippen LogP contribution in [0.25, 0.3) is 0 Å². The van der Waals surface area contributed by atoms with Gasteiger partial charge < -0.3 is 10.6 Å². The van der Waals surface area contributed by atoms with Crippen molar-refractivity contribution in [1.29, 1.82) is 0 Å². The molecule has 110 valence electrons. The zero-order chi connectivity index (χ0) is 15.2. The van der Waals surface area contributed by atoms with E-state index in [1.54, 1.807) is 0 Å². The average Bonchev–Trinajstić information content (AvgIpc) is 2.48. The third-order valence-corrected chi connectivity index (χ3v) is 3.54. The molecule has 0 saturated heterocycles. The quantitative estimate of drug-likeness (QED) is 0.883. The fourth-order valence-electron chi connectivity index (χ4n) is 2.36. The number of amides is 1. The summed E-state index contributed by atoms with van der Waals surface area (Å²) in [6.45, 7) is 4.91. The van der Waals surface area contributed by atoms with Crippen molar-refractivity contribution in [2.75, 3.05) is 18.9 Å². The van der Waals surface area contributed by atoms with Crippen LogP contribution in [-0.4, -0.2) is 19.5 Å². The fraction of sp³-hybridized carbons (Fsp3) is 0.278. The van der Waals surface area contributed by atoms with Crippen LogP contribution in [0.3, 0.4) is 0 Å².